The molecule has 1 atom stereocenters. The molecule has 156 valence electrons. The van der Waals surface area contributed by atoms with Crippen LogP contribution in [0.1, 0.15) is 31.2 Å². The Morgan fingerprint density at radius 3 is 2.47 bits per heavy atom. The predicted molar refractivity (Wildman–Crippen MR) is 113 cm³/mol. The zero-order valence-electron chi connectivity index (χ0n) is 15.7. The van der Waals surface area contributed by atoms with E-state index in [2.05, 4.69) is 10.1 Å². The summed E-state index contributed by atoms with van der Waals surface area (Å²) < 4.78 is 6.69. The molecule has 0 aliphatic heterocycles. The number of rotatable bonds is 5. The van der Waals surface area contributed by atoms with Crippen LogP contribution < -0.4 is 27.3 Å². The molecule has 0 saturated heterocycles. The molecule has 1 fully saturated rings. The minimum Gasteiger partial charge on any atom is -0.453 e. The second-order valence-corrected chi connectivity index (χ2v) is 7.96. The number of nitrogens with zero attached hydrogens (tertiary/aromatic N) is 2. The largest absolute Gasteiger partial charge is 0.453 e. The van der Waals surface area contributed by atoms with Crippen LogP contribution in [0.2, 0.25) is 10.0 Å². The zero-order valence-corrected chi connectivity index (χ0v) is 17.3. The van der Waals surface area contributed by atoms with Gasteiger partial charge in [0.15, 0.2) is 5.75 Å². The number of H-pyrrole nitrogens is 2. The van der Waals surface area contributed by atoms with Crippen molar-refractivity contribution in [2.45, 2.75) is 25.7 Å². The molecule has 0 spiro atoms. The molecule has 1 unspecified atom stereocenters. The maximum Gasteiger partial charge on any atom is 0.349 e. The van der Waals surface area contributed by atoms with E-state index in [0.29, 0.717) is 17.2 Å². The van der Waals surface area contributed by atoms with E-state index in [-0.39, 0.29) is 38.8 Å². The third-order valence-electron chi connectivity index (χ3n) is 5.03. The fourth-order valence-corrected chi connectivity index (χ4v) is 3.75. The molecule has 2 aromatic heterocycles. The first-order chi connectivity index (χ1) is 14.2. The number of pyridine rings is 1. The van der Waals surface area contributed by atoms with Crippen LogP contribution in [0.5, 0.6) is 11.5 Å². The van der Waals surface area contributed by atoms with Gasteiger partial charge in [-0.2, -0.15) is 4.68 Å². The SMILES string of the molecule is CC(c1cc(Oc2c(Cl)cc(-n3nc(N)c(=O)[nH]c3=O)cc2Cl)c[nH]c1=O)C1CC1. The molecule has 4 N–H and O–H groups in total. The summed E-state index contributed by atoms with van der Waals surface area (Å²) in [7, 11) is 0. The topological polar surface area (TPSA) is 136 Å². The summed E-state index contributed by atoms with van der Waals surface area (Å²) in [5.41, 5.74) is 4.56. The van der Waals surface area contributed by atoms with Gasteiger partial charge in [-0.05, 0) is 42.9 Å². The van der Waals surface area contributed by atoms with E-state index in [1.165, 1.54) is 18.3 Å². The van der Waals surface area contributed by atoms with Gasteiger partial charge < -0.3 is 15.5 Å². The molecule has 1 aliphatic carbocycles. The fourth-order valence-electron chi connectivity index (χ4n) is 3.20. The Hall–Kier alpha value is -3.04. The summed E-state index contributed by atoms with van der Waals surface area (Å²) >= 11 is 12.6. The summed E-state index contributed by atoms with van der Waals surface area (Å²) in [4.78, 5) is 40.3. The molecule has 30 heavy (non-hydrogen) atoms. The lowest BCUT2D eigenvalue weighted by Crippen LogP contribution is -2.33. The van der Waals surface area contributed by atoms with E-state index in [1.54, 1.807) is 6.07 Å². The number of nitrogens with one attached hydrogen (secondary N) is 2. The second kappa shape index (κ2) is 7.66. The number of nitrogens with two attached hydrogens (primary N) is 1. The minimum atomic E-state index is -0.797. The first-order valence-corrected chi connectivity index (χ1v) is 9.89. The quantitative estimate of drug-likeness (QED) is 0.547. The Balaban J connectivity index is 1.69. The van der Waals surface area contributed by atoms with Crippen molar-refractivity contribution in [3.8, 4) is 17.2 Å². The van der Waals surface area contributed by atoms with Crippen LogP contribution >= 0.6 is 23.2 Å². The summed E-state index contributed by atoms with van der Waals surface area (Å²) in [5, 5.41) is 3.93. The molecular formula is C19H17Cl2N5O4. The van der Waals surface area contributed by atoms with Crippen molar-refractivity contribution < 1.29 is 4.74 Å². The van der Waals surface area contributed by atoms with Crippen molar-refractivity contribution >= 4 is 29.0 Å². The normalized spacial score (nSPS) is 14.5. The number of halogens is 2. The van der Waals surface area contributed by atoms with Gasteiger partial charge in [-0.25, -0.2) is 4.79 Å². The van der Waals surface area contributed by atoms with Crippen LogP contribution in [0.4, 0.5) is 5.82 Å². The first-order valence-electron chi connectivity index (χ1n) is 9.13. The number of benzene rings is 1. The van der Waals surface area contributed by atoms with Crippen LogP contribution in [0.25, 0.3) is 5.69 Å². The molecule has 1 aliphatic rings. The Labute approximate surface area is 179 Å². The van der Waals surface area contributed by atoms with E-state index in [1.807, 2.05) is 11.9 Å². The average Bonchev–Trinajstić information content (AvgIpc) is 3.53. The summed E-state index contributed by atoms with van der Waals surface area (Å²) in [5.74, 6) is 0.757. The van der Waals surface area contributed by atoms with Crippen molar-refractivity contribution in [3.05, 3.63) is 71.2 Å². The Kier molecular flexibility index (Phi) is 5.17. The number of ether oxygens (including phenoxy) is 1. The maximum absolute atomic E-state index is 12.2. The van der Waals surface area contributed by atoms with Gasteiger partial charge in [0.1, 0.15) is 5.75 Å². The number of hydrogen-bond donors (Lipinski definition) is 3. The molecule has 1 saturated carbocycles. The second-order valence-electron chi connectivity index (χ2n) is 7.14. The Morgan fingerprint density at radius 1 is 1.17 bits per heavy atom. The number of hydrogen-bond acceptors (Lipinski definition) is 6. The monoisotopic (exact) mass is 449 g/mol. The molecule has 9 nitrogen and oxygen atoms in total. The lowest BCUT2D eigenvalue weighted by molar-refractivity contribution is 0.477. The lowest BCUT2D eigenvalue weighted by atomic mass is 9.98. The van der Waals surface area contributed by atoms with E-state index in [0.717, 1.165) is 17.5 Å². The van der Waals surface area contributed by atoms with Crippen molar-refractivity contribution in [2.75, 3.05) is 5.73 Å². The summed E-state index contributed by atoms with van der Waals surface area (Å²) in [6.07, 6.45) is 3.64. The number of aromatic nitrogens is 4. The highest BCUT2D eigenvalue weighted by Crippen LogP contribution is 2.42. The van der Waals surface area contributed by atoms with Crippen LogP contribution in [-0.2, 0) is 0 Å². The predicted octanol–water partition coefficient (Wildman–Crippen LogP) is 2.80. The van der Waals surface area contributed by atoms with E-state index >= 15 is 0 Å². The lowest BCUT2D eigenvalue weighted by Gasteiger charge is -2.14. The first kappa shape index (κ1) is 20.2. The zero-order chi connectivity index (χ0) is 21.6. The number of anilines is 1. The molecule has 0 bridgehead atoms. The van der Waals surface area contributed by atoms with E-state index in [9.17, 15) is 14.4 Å². The maximum atomic E-state index is 12.2. The third kappa shape index (κ3) is 3.86. The van der Waals surface area contributed by atoms with Crippen molar-refractivity contribution in [1.29, 1.82) is 0 Å². The van der Waals surface area contributed by atoms with Gasteiger partial charge in [0.2, 0.25) is 5.82 Å². The molecule has 2 heterocycles. The van der Waals surface area contributed by atoms with Gasteiger partial charge in [-0.15, -0.1) is 5.10 Å². The fraction of sp³-hybridized carbons (Fsp3) is 0.263. The minimum absolute atomic E-state index is 0.0963. The van der Waals surface area contributed by atoms with Gasteiger partial charge in [0.25, 0.3) is 11.1 Å². The van der Waals surface area contributed by atoms with Crippen LogP contribution in [0.15, 0.2) is 38.8 Å². The third-order valence-corrected chi connectivity index (χ3v) is 5.59. The molecule has 11 heteroatoms. The molecule has 0 amide bonds. The van der Waals surface area contributed by atoms with Gasteiger partial charge in [0.05, 0.1) is 15.7 Å². The Bertz CT molecular complexity index is 1290. The van der Waals surface area contributed by atoms with Crippen LogP contribution in [0, 0.1) is 5.92 Å². The highest BCUT2D eigenvalue weighted by Gasteiger charge is 2.30. The van der Waals surface area contributed by atoms with Gasteiger partial charge in [-0.1, -0.05) is 30.1 Å². The highest BCUT2D eigenvalue weighted by molar-refractivity contribution is 6.37. The molecular weight excluding hydrogens is 433 g/mol. The van der Waals surface area contributed by atoms with Crippen molar-refractivity contribution in [1.82, 2.24) is 19.7 Å². The number of nitrogen functional groups attached to an aromatic ring is 1. The smallest absolute Gasteiger partial charge is 0.349 e. The standard InChI is InChI=1S/C19H17Cl2N5O4/c1-8(9-2-3-9)12-6-11(7-23-17(12)27)30-15-13(20)4-10(5-14(15)21)26-19(29)24-18(28)16(22)25-26/h4-9H,2-3H2,1H3,(H2,22,25)(H,23,27)(H,24,28,29). The van der Waals surface area contributed by atoms with E-state index < -0.39 is 11.2 Å². The Morgan fingerprint density at radius 2 is 1.83 bits per heavy atom. The molecule has 0 radical (unpaired) electrons. The number of aromatic amines is 2. The summed E-state index contributed by atoms with van der Waals surface area (Å²) in [6.45, 7) is 2.02. The molecule has 1 aromatic carbocycles. The molecule has 3 aromatic rings. The van der Waals surface area contributed by atoms with Gasteiger partial charge in [-0.3, -0.25) is 14.6 Å². The molecule has 4 rings (SSSR count). The summed E-state index contributed by atoms with van der Waals surface area (Å²) in [6, 6.07) is 4.47. The highest BCUT2D eigenvalue weighted by atomic mass is 35.5. The van der Waals surface area contributed by atoms with Crippen molar-refractivity contribution in [2.24, 2.45) is 5.92 Å². The van der Waals surface area contributed by atoms with E-state index in [4.69, 9.17) is 33.7 Å². The van der Waals surface area contributed by atoms with Crippen molar-refractivity contribution in [3.63, 3.8) is 0 Å². The van der Waals surface area contributed by atoms with Crippen LogP contribution in [-0.4, -0.2) is 19.7 Å². The van der Waals surface area contributed by atoms with Gasteiger partial charge in [0, 0.05) is 11.8 Å². The van der Waals surface area contributed by atoms with Crippen LogP contribution in [0.3, 0.4) is 0 Å². The average molecular weight is 450 g/mol. The van der Waals surface area contributed by atoms with Gasteiger partial charge >= 0.3 is 5.69 Å².